The van der Waals surface area contributed by atoms with Gasteiger partial charge < -0.3 is 10.1 Å². The van der Waals surface area contributed by atoms with Crippen molar-refractivity contribution in [3.8, 4) is 11.5 Å². The molecule has 0 unspecified atom stereocenters. The molecule has 0 aliphatic rings. The number of hydrogen-bond acceptors (Lipinski definition) is 3. The van der Waals surface area contributed by atoms with E-state index in [-0.39, 0.29) is 0 Å². The predicted molar refractivity (Wildman–Crippen MR) is 89.3 cm³/mol. The van der Waals surface area contributed by atoms with Gasteiger partial charge in [-0.25, -0.2) is 4.98 Å². The lowest BCUT2D eigenvalue weighted by molar-refractivity contribution is 0.482. The van der Waals surface area contributed by atoms with Gasteiger partial charge in [0.15, 0.2) is 0 Å². The third kappa shape index (κ3) is 3.85. The molecule has 0 aliphatic carbocycles. The Labute approximate surface area is 130 Å². The van der Waals surface area contributed by atoms with Crippen molar-refractivity contribution >= 4 is 5.82 Å². The standard InChI is InChI=1S/C19H18N2O/c1-15-10-11-19(20-13-15)21-14-16-6-5-9-18(12-16)22-17-7-3-2-4-8-17/h2-13H,14H2,1H3,(H,20,21). The SMILES string of the molecule is Cc1ccc(NCc2cccc(Oc3ccccc3)c2)nc1. The van der Waals surface area contributed by atoms with E-state index in [9.17, 15) is 0 Å². The lowest BCUT2D eigenvalue weighted by Crippen LogP contribution is -2.01. The summed E-state index contributed by atoms with van der Waals surface area (Å²) >= 11 is 0. The fraction of sp³-hybridized carbons (Fsp3) is 0.105. The molecule has 0 saturated heterocycles. The maximum atomic E-state index is 5.84. The molecule has 22 heavy (non-hydrogen) atoms. The average Bonchev–Trinajstić information content (AvgIpc) is 2.56. The lowest BCUT2D eigenvalue weighted by atomic mass is 10.2. The number of aryl methyl sites for hydroxylation is 1. The molecule has 0 atom stereocenters. The zero-order valence-electron chi connectivity index (χ0n) is 12.5. The first-order valence-electron chi connectivity index (χ1n) is 7.28. The summed E-state index contributed by atoms with van der Waals surface area (Å²) in [6, 6.07) is 21.9. The maximum Gasteiger partial charge on any atom is 0.127 e. The highest BCUT2D eigenvalue weighted by molar-refractivity contribution is 5.39. The summed E-state index contributed by atoms with van der Waals surface area (Å²) in [4.78, 5) is 4.34. The first-order chi connectivity index (χ1) is 10.8. The summed E-state index contributed by atoms with van der Waals surface area (Å²) < 4.78 is 5.84. The molecule has 1 heterocycles. The van der Waals surface area contributed by atoms with Gasteiger partial charge in [-0.3, -0.25) is 0 Å². The van der Waals surface area contributed by atoms with Crippen LogP contribution in [0.2, 0.25) is 0 Å². The van der Waals surface area contributed by atoms with Crippen LogP contribution in [0.15, 0.2) is 72.9 Å². The van der Waals surface area contributed by atoms with Gasteiger partial charge in [-0.15, -0.1) is 0 Å². The topological polar surface area (TPSA) is 34.1 Å². The number of rotatable bonds is 5. The van der Waals surface area contributed by atoms with Crippen LogP contribution in [-0.2, 0) is 6.54 Å². The van der Waals surface area contributed by atoms with E-state index in [1.165, 1.54) is 0 Å². The number of hydrogen-bond donors (Lipinski definition) is 1. The van der Waals surface area contributed by atoms with E-state index in [2.05, 4.69) is 16.4 Å². The molecular weight excluding hydrogens is 272 g/mol. The summed E-state index contributed by atoms with van der Waals surface area (Å²) in [5, 5.41) is 3.31. The third-order valence-corrected chi connectivity index (χ3v) is 3.26. The number of nitrogens with zero attached hydrogens (tertiary/aromatic N) is 1. The largest absolute Gasteiger partial charge is 0.457 e. The fourth-order valence-electron chi connectivity index (χ4n) is 2.11. The monoisotopic (exact) mass is 290 g/mol. The Morgan fingerprint density at radius 3 is 2.50 bits per heavy atom. The van der Waals surface area contributed by atoms with Crippen molar-refractivity contribution in [1.29, 1.82) is 0 Å². The van der Waals surface area contributed by atoms with Crippen LogP contribution < -0.4 is 10.1 Å². The molecule has 0 fully saturated rings. The van der Waals surface area contributed by atoms with Gasteiger partial charge in [0, 0.05) is 12.7 Å². The van der Waals surface area contributed by atoms with E-state index >= 15 is 0 Å². The van der Waals surface area contributed by atoms with Crippen molar-refractivity contribution < 1.29 is 4.74 Å². The molecule has 1 N–H and O–H groups in total. The van der Waals surface area contributed by atoms with Gasteiger partial charge in [-0.2, -0.15) is 0 Å². The number of nitrogens with one attached hydrogen (secondary N) is 1. The summed E-state index contributed by atoms with van der Waals surface area (Å²) in [6.07, 6.45) is 1.86. The minimum absolute atomic E-state index is 0.710. The van der Waals surface area contributed by atoms with Crippen molar-refractivity contribution in [3.63, 3.8) is 0 Å². The van der Waals surface area contributed by atoms with Gasteiger partial charge in [-0.05, 0) is 48.4 Å². The lowest BCUT2D eigenvalue weighted by Gasteiger charge is -2.09. The Balaban J connectivity index is 1.65. The number of benzene rings is 2. The summed E-state index contributed by atoms with van der Waals surface area (Å²) in [7, 11) is 0. The summed E-state index contributed by atoms with van der Waals surface area (Å²) in [6.45, 7) is 2.74. The number of ether oxygens (including phenoxy) is 1. The highest BCUT2D eigenvalue weighted by Crippen LogP contribution is 2.22. The molecule has 3 nitrogen and oxygen atoms in total. The van der Waals surface area contributed by atoms with Gasteiger partial charge in [0.2, 0.25) is 0 Å². The van der Waals surface area contributed by atoms with E-state index in [1.807, 2.05) is 73.8 Å². The molecule has 2 aromatic carbocycles. The normalized spacial score (nSPS) is 10.2. The van der Waals surface area contributed by atoms with E-state index in [4.69, 9.17) is 4.74 Å². The summed E-state index contributed by atoms with van der Waals surface area (Å²) in [5.41, 5.74) is 2.31. The molecule has 0 bridgehead atoms. The van der Waals surface area contributed by atoms with Crippen molar-refractivity contribution in [2.75, 3.05) is 5.32 Å². The van der Waals surface area contributed by atoms with E-state index in [1.54, 1.807) is 0 Å². The van der Waals surface area contributed by atoms with Crippen LogP contribution in [0, 0.1) is 6.92 Å². The average molecular weight is 290 g/mol. The van der Waals surface area contributed by atoms with Crippen LogP contribution in [0.5, 0.6) is 11.5 Å². The van der Waals surface area contributed by atoms with Gasteiger partial charge >= 0.3 is 0 Å². The van der Waals surface area contributed by atoms with E-state index in [0.717, 1.165) is 28.4 Å². The van der Waals surface area contributed by atoms with Crippen molar-refractivity contribution in [2.45, 2.75) is 13.5 Å². The molecule has 0 amide bonds. The molecule has 0 spiro atoms. The quantitative estimate of drug-likeness (QED) is 0.733. The van der Waals surface area contributed by atoms with Crippen LogP contribution >= 0.6 is 0 Å². The molecule has 1 aromatic heterocycles. The second-order valence-corrected chi connectivity index (χ2v) is 5.14. The third-order valence-electron chi connectivity index (χ3n) is 3.26. The Morgan fingerprint density at radius 2 is 1.73 bits per heavy atom. The first-order valence-corrected chi connectivity index (χ1v) is 7.28. The Morgan fingerprint density at radius 1 is 0.909 bits per heavy atom. The highest BCUT2D eigenvalue weighted by atomic mass is 16.5. The number of pyridine rings is 1. The van der Waals surface area contributed by atoms with Crippen LogP contribution in [0.1, 0.15) is 11.1 Å². The van der Waals surface area contributed by atoms with E-state index in [0.29, 0.717) is 6.54 Å². The molecule has 3 aromatic rings. The molecule has 3 heteroatoms. The highest BCUT2D eigenvalue weighted by Gasteiger charge is 2.00. The smallest absolute Gasteiger partial charge is 0.127 e. The molecular formula is C19H18N2O. The minimum Gasteiger partial charge on any atom is -0.457 e. The fourth-order valence-corrected chi connectivity index (χ4v) is 2.11. The second-order valence-electron chi connectivity index (χ2n) is 5.14. The van der Waals surface area contributed by atoms with Gasteiger partial charge in [0.05, 0.1) is 0 Å². The molecule has 3 rings (SSSR count). The van der Waals surface area contributed by atoms with Crippen LogP contribution in [0.25, 0.3) is 0 Å². The Kier molecular flexibility index (Phi) is 4.35. The van der Waals surface area contributed by atoms with Crippen LogP contribution in [0.3, 0.4) is 0 Å². The van der Waals surface area contributed by atoms with Crippen molar-refractivity contribution in [3.05, 3.63) is 84.1 Å². The molecule has 0 aliphatic heterocycles. The number of anilines is 1. The number of aromatic nitrogens is 1. The zero-order valence-corrected chi connectivity index (χ0v) is 12.5. The maximum absolute atomic E-state index is 5.84. The minimum atomic E-state index is 0.710. The van der Waals surface area contributed by atoms with Crippen molar-refractivity contribution in [2.24, 2.45) is 0 Å². The molecule has 110 valence electrons. The van der Waals surface area contributed by atoms with E-state index < -0.39 is 0 Å². The van der Waals surface area contributed by atoms with Gasteiger partial charge in [0.25, 0.3) is 0 Å². The Bertz CT molecular complexity index is 724. The summed E-state index contributed by atoms with van der Waals surface area (Å²) in [5.74, 6) is 2.55. The molecule has 0 saturated carbocycles. The van der Waals surface area contributed by atoms with Gasteiger partial charge in [-0.1, -0.05) is 36.4 Å². The zero-order chi connectivity index (χ0) is 15.2. The van der Waals surface area contributed by atoms with Crippen LogP contribution in [-0.4, -0.2) is 4.98 Å². The number of para-hydroxylation sites is 1. The second kappa shape index (κ2) is 6.76. The Hall–Kier alpha value is -2.81. The predicted octanol–water partition coefficient (Wildman–Crippen LogP) is 4.79. The van der Waals surface area contributed by atoms with Gasteiger partial charge in [0.1, 0.15) is 17.3 Å². The van der Waals surface area contributed by atoms with Crippen LogP contribution in [0.4, 0.5) is 5.82 Å². The van der Waals surface area contributed by atoms with Crippen molar-refractivity contribution in [1.82, 2.24) is 4.98 Å². The first kappa shape index (κ1) is 14.1. The molecule has 0 radical (unpaired) electrons.